The number of H-pyrrole nitrogens is 1. The molecule has 3 aliphatic heterocycles. The van der Waals surface area contributed by atoms with Crippen molar-refractivity contribution in [3.63, 3.8) is 0 Å². The Labute approximate surface area is 173 Å². The minimum atomic E-state index is -3.80. The Morgan fingerprint density at radius 1 is 1.00 bits per heavy atom. The SMILES string of the molecule is O=c1[nH]c(N2CCOCC2)nc2c1CN(S(=O)(=O)c1ccc3c(c1)OCCO3)CC2. The fraction of sp³-hybridized carbons (Fsp3) is 0.474. The zero-order valence-electron chi connectivity index (χ0n) is 16.3. The smallest absolute Gasteiger partial charge is 0.257 e. The number of morpholine rings is 1. The van der Waals surface area contributed by atoms with Gasteiger partial charge in [-0.15, -0.1) is 0 Å². The Morgan fingerprint density at radius 3 is 2.57 bits per heavy atom. The summed E-state index contributed by atoms with van der Waals surface area (Å²) < 4.78 is 44.0. The van der Waals surface area contributed by atoms with Crippen LogP contribution in [0.15, 0.2) is 27.9 Å². The Kier molecular flexibility index (Phi) is 4.88. The summed E-state index contributed by atoms with van der Waals surface area (Å²) in [4.78, 5) is 22.2. The molecule has 0 amide bonds. The lowest BCUT2D eigenvalue weighted by molar-refractivity contribution is 0.122. The summed E-state index contributed by atoms with van der Waals surface area (Å²) >= 11 is 0. The zero-order valence-corrected chi connectivity index (χ0v) is 17.1. The largest absolute Gasteiger partial charge is 0.486 e. The van der Waals surface area contributed by atoms with E-state index in [2.05, 4.69) is 9.97 Å². The van der Waals surface area contributed by atoms with Gasteiger partial charge in [-0.1, -0.05) is 0 Å². The molecule has 5 rings (SSSR count). The molecule has 160 valence electrons. The molecule has 0 bridgehead atoms. The number of hydrogen-bond acceptors (Lipinski definition) is 8. The minimum absolute atomic E-state index is 0.0160. The summed E-state index contributed by atoms with van der Waals surface area (Å²) in [7, 11) is -3.80. The van der Waals surface area contributed by atoms with Crippen LogP contribution < -0.4 is 19.9 Å². The van der Waals surface area contributed by atoms with E-state index in [1.807, 2.05) is 4.90 Å². The van der Waals surface area contributed by atoms with Gasteiger partial charge in [0.05, 0.1) is 29.4 Å². The number of fused-ring (bicyclic) bond motifs is 2. The Morgan fingerprint density at radius 2 is 1.77 bits per heavy atom. The van der Waals surface area contributed by atoms with Crippen LogP contribution in [-0.4, -0.2) is 68.8 Å². The number of benzene rings is 1. The molecule has 0 aliphatic carbocycles. The molecule has 1 aromatic carbocycles. The first-order chi connectivity index (χ1) is 14.5. The normalized spacial score (nSPS) is 19.4. The molecule has 3 aliphatic rings. The highest BCUT2D eigenvalue weighted by molar-refractivity contribution is 7.89. The van der Waals surface area contributed by atoms with Gasteiger partial charge in [0.15, 0.2) is 11.5 Å². The first-order valence-electron chi connectivity index (χ1n) is 9.87. The van der Waals surface area contributed by atoms with E-state index in [0.29, 0.717) is 74.6 Å². The average Bonchev–Trinajstić information content (AvgIpc) is 2.79. The van der Waals surface area contributed by atoms with Gasteiger partial charge in [-0.05, 0) is 12.1 Å². The lowest BCUT2D eigenvalue weighted by Gasteiger charge is -2.30. The highest BCUT2D eigenvalue weighted by atomic mass is 32.2. The predicted molar refractivity (Wildman–Crippen MR) is 107 cm³/mol. The van der Waals surface area contributed by atoms with Crippen molar-refractivity contribution in [2.75, 3.05) is 51.0 Å². The van der Waals surface area contributed by atoms with Crippen LogP contribution in [0.25, 0.3) is 0 Å². The summed E-state index contributed by atoms with van der Waals surface area (Å²) in [6.07, 6.45) is 0.375. The highest BCUT2D eigenvalue weighted by Gasteiger charge is 2.32. The van der Waals surface area contributed by atoms with Gasteiger partial charge in [0.1, 0.15) is 13.2 Å². The lowest BCUT2D eigenvalue weighted by Crippen LogP contribution is -2.42. The third kappa shape index (κ3) is 3.42. The molecule has 11 heteroatoms. The topological polar surface area (TPSA) is 114 Å². The van der Waals surface area contributed by atoms with Crippen LogP contribution in [0.4, 0.5) is 5.95 Å². The predicted octanol–water partition coefficient (Wildman–Crippen LogP) is 0.125. The fourth-order valence-electron chi connectivity index (χ4n) is 3.85. The Balaban J connectivity index is 1.42. The molecule has 1 fully saturated rings. The van der Waals surface area contributed by atoms with Crippen LogP contribution in [0.5, 0.6) is 11.5 Å². The summed E-state index contributed by atoms with van der Waals surface area (Å²) in [6.45, 7) is 3.54. The van der Waals surface area contributed by atoms with Gasteiger partial charge < -0.3 is 19.1 Å². The van der Waals surface area contributed by atoms with Crippen molar-refractivity contribution in [1.29, 1.82) is 0 Å². The Hall–Kier alpha value is -2.63. The van der Waals surface area contributed by atoms with Crippen LogP contribution in [0.2, 0.25) is 0 Å². The van der Waals surface area contributed by atoms with E-state index in [1.54, 1.807) is 6.07 Å². The van der Waals surface area contributed by atoms with E-state index in [4.69, 9.17) is 14.2 Å². The molecular formula is C19H22N4O6S. The monoisotopic (exact) mass is 434 g/mol. The summed E-state index contributed by atoms with van der Waals surface area (Å²) in [5, 5.41) is 0. The Bertz CT molecular complexity index is 1130. The molecule has 4 heterocycles. The standard InChI is InChI=1S/C19H22N4O6S/c24-18-14-12-23(4-3-15(14)20-19(21-18)22-5-7-27-8-6-22)30(25,26)13-1-2-16-17(11-13)29-10-9-28-16/h1-2,11H,3-10,12H2,(H,20,21,24). The fourth-order valence-corrected chi connectivity index (χ4v) is 5.28. The molecule has 0 unspecified atom stereocenters. The van der Waals surface area contributed by atoms with E-state index in [0.717, 1.165) is 0 Å². The summed E-state index contributed by atoms with van der Waals surface area (Å²) in [5.74, 6) is 1.46. The van der Waals surface area contributed by atoms with Crippen molar-refractivity contribution in [3.05, 3.63) is 39.8 Å². The number of hydrogen-bond donors (Lipinski definition) is 1. The quantitative estimate of drug-likeness (QED) is 0.725. The maximum atomic E-state index is 13.2. The number of aromatic amines is 1. The van der Waals surface area contributed by atoms with Crippen molar-refractivity contribution >= 4 is 16.0 Å². The van der Waals surface area contributed by atoms with Gasteiger partial charge in [0.25, 0.3) is 5.56 Å². The van der Waals surface area contributed by atoms with Gasteiger partial charge in [-0.2, -0.15) is 4.31 Å². The van der Waals surface area contributed by atoms with E-state index in [9.17, 15) is 13.2 Å². The van der Waals surface area contributed by atoms with Crippen LogP contribution in [-0.2, 0) is 27.7 Å². The molecule has 10 nitrogen and oxygen atoms in total. The highest BCUT2D eigenvalue weighted by Crippen LogP contribution is 2.34. The van der Waals surface area contributed by atoms with Crippen LogP contribution in [0.3, 0.4) is 0 Å². The molecule has 0 spiro atoms. The van der Waals surface area contributed by atoms with Crippen molar-refractivity contribution in [2.45, 2.75) is 17.9 Å². The molecule has 0 saturated carbocycles. The van der Waals surface area contributed by atoms with Crippen molar-refractivity contribution in [1.82, 2.24) is 14.3 Å². The number of aromatic nitrogens is 2. The molecule has 0 atom stereocenters. The summed E-state index contributed by atoms with van der Waals surface area (Å²) in [5.41, 5.74) is 0.733. The second-order valence-corrected chi connectivity index (χ2v) is 9.25. The first kappa shape index (κ1) is 19.3. The van der Waals surface area contributed by atoms with Gasteiger partial charge in [0.2, 0.25) is 16.0 Å². The maximum absolute atomic E-state index is 13.2. The van der Waals surface area contributed by atoms with Crippen molar-refractivity contribution in [3.8, 4) is 11.5 Å². The lowest BCUT2D eigenvalue weighted by atomic mass is 10.1. The number of ether oxygens (including phenoxy) is 3. The number of sulfonamides is 1. The van der Waals surface area contributed by atoms with Crippen LogP contribution in [0, 0.1) is 0 Å². The number of anilines is 1. The van der Waals surface area contributed by atoms with Gasteiger partial charge in [-0.25, -0.2) is 13.4 Å². The first-order valence-corrected chi connectivity index (χ1v) is 11.3. The number of nitrogens with one attached hydrogen (secondary N) is 1. The molecule has 1 aromatic heterocycles. The van der Waals surface area contributed by atoms with Gasteiger partial charge >= 0.3 is 0 Å². The summed E-state index contributed by atoms with van der Waals surface area (Å²) in [6, 6.07) is 4.58. The average molecular weight is 434 g/mol. The van der Waals surface area contributed by atoms with E-state index < -0.39 is 10.0 Å². The number of nitrogens with zero attached hydrogens (tertiary/aromatic N) is 3. The molecule has 1 N–H and O–H groups in total. The van der Waals surface area contributed by atoms with Gasteiger partial charge in [0, 0.05) is 38.7 Å². The van der Waals surface area contributed by atoms with Crippen molar-refractivity contribution in [2.24, 2.45) is 0 Å². The molecule has 0 radical (unpaired) electrons. The molecular weight excluding hydrogens is 412 g/mol. The third-order valence-corrected chi connectivity index (χ3v) is 7.32. The van der Waals surface area contributed by atoms with Crippen LogP contribution in [0.1, 0.15) is 11.3 Å². The minimum Gasteiger partial charge on any atom is -0.486 e. The van der Waals surface area contributed by atoms with E-state index >= 15 is 0 Å². The zero-order chi connectivity index (χ0) is 20.7. The van der Waals surface area contributed by atoms with Crippen molar-refractivity contribution < 1.29 is 22.6 Å². The second kappa shape index (κ2) is 7.56. The maximum Gasteiger partial charge on any atom is 0.257 e. The third-order valence-electron chi connectivity index (χ3n) is 5.48. The second-order valence-electron chi connectivity index (χ2n) is 7.31. The molecule has 30 heavy (non-hydrogen) atoms. The van der Waals surface area contributed by atoms with Gasteiger partial charge in [-0.3, -0.25) is 9.78 Å². The van der Waals surface area contributed by atoms with E-state index in [-0.39, 0.29) is 23.5 Å². The number of rotatable bonds is 3. The van der Waals surface area contributed by atoms with E-state index in [1.165, 1.54) is 16.4 Å². The molecule has 1 saturated heterocycles. The van der Waals surface area contributed by atoms with Crippen LogP contribution >= 0.6 is 0 Å². The molecule has 2 aromatic rings.